The molecule has 0 aliphatic carbocycles. The Kier molecular flexibility index (Phi) is 8.54. The minimum absolute atomic E-state index is 0. The van der Waals surface area contributed by atoms with Gasteiger partial charge in [0.15, 0.2) is 0 Å². The second-order valence-electron chi connectivity index (χ2n) is 6.82. The number of hydrogen-bond donors (Lipinski definition) is 1. The number of hydrogen-bond acceptors (Lipinski definition) is 1. The van der Waals surface area contributed by atoms with Gasteiger partial charge >= 0.3 is 0 Å². The number of nitrogen functional groups attached to an aromatic ring is 1. The van der Waals surface area contributed by atoms with E-state index in [0.717, 1.165) is 5.69 Å². The van der Waals surface area contributed by atoms with Gasteiger partial charge in [0.05, 0.1) is 11.8 Å². The minimum Gasteiger partial charge on any atom is -1.00 e. The maximum atomic E-state index is 6.54. The van der Waals surface area contributed by atoms with Crippen molar-refractivity contribution in [2.24, 2.45) is 0 Å². The second kappa shape index (κ2) is 10.6. The van der Waals surface area contributed by atoms with Crippen LogP contribution < -0.4 is 38.6 Å². The Hall–Kier alpha value is -1.63. The molecule has 1 nitrogen and oxygen atoms in total. The van der Waals surface area contributed by atoms with Gasteiger partial charge in [-0.2, -0.15) is 0 Å². The van der Waals surface area contributed by atoms with Gasteiger partial charge in [0.2, 0.25) is 0 Å². The SMILES string of the molecule is CCCCCC[P+](c1ccccc1)(c1ccccc1)c1ccccc1N.[Br-]. The van der Waals surface area contributed by atoms with Crippen molar-refractivity contribution in [1.82, 2.24) is 0 Å². The topological polar surface area (TPSA) is 26.0 Å². The van der Waals surface area contributed by atoms with Gasteiger partial charge in [-0.3, -0.25) is 0 Å². The first-order valence-corrected chi connectivity index (χ1v) is 11.6. The molecule has 0 atom stereocenters. The number of halogens is 1. The molecule has 0 fully saturated rings. The number of para-hydroxylation sites is 1. The first kappa shape index (κ1) is 21.7. The number of rotatable bonds is 8. The summed E-state index contributed by atoms with van der Waals surface area (Å²) in [6, 6.07) is 30.6. The zero-order valence-corrected chi connectivity index (χ0v) is 18.5. The van der Waals surface area contributed by atoms with E-state index < -0.39 is 7.26 Å². The molecule has 3 aromatic carbocycles. The van der Waals surface area contributed by atoms with E-state index >= 15 is 0 Å². The molecule has 0 amide bonds. The zero-order valence-electron chi connectivity index (χ0n) is 16.0. The maximum Gasteiger partial charge on any atom is 0.127 e. The van der Waals surface area contributed by atoms with Gasteiger partial charge in [-0.05, 0) is 49.2 Å². The van der Waals surface area contributed by atoms with E-state index in [1.54, 1.807) is 0 Å². The van der Waals surface area contributed by atoms with Crippen LogP contribution in [0.15, 0.2) is 84.9 Å². The second-order valence-corrected chi connectivity index (χ2v) is 10.4. The summed E-state index contributed by atoms with van der Waals surface area (Å²) in [7, 11) is -1.76. The fraction of sp³-hybridized carbons (Fsp3) is 0.250. The summed E-state index contributed by atoms with van der Waals surface area (Å²) in [6.45, 7) is 2.27. The first-order valence-electron chi connectivity index (χ1n) is 9.63. The molecule has 0 aliphatic rings. The normalized spacial score (nSPS) is 11.0. The molecular weight excluding hydrogens is 413 g/mol. The fourth-order valence-electron chi connectivity index (χ4n) is 3.78. The Bertz CT molecular complexity index is 765. The van der Waals surface area contributed by atoms with E-state index in [2.05, 4.69) is 85.8 Å². The highest BCUT2D eigenvalue weighted by molar-refractivity contribution is 7.96. The Morgan fingerprint density at radius 2 is 1.19 bits per heavy atom. The van der Waals surface area contributed by atoms with Crippen molar-refractivity contribution >= 4 is 28.9 Å². The molecule has 0 unspecified atom stereocenters. The van der Waals surface area contributed by atoms with E-state index in [0.29, 0.717) is 0 Å². The molecule has 2 N–H and O–H groups in total. The molecule has 0 aromatic heterocycles. The van der Waals surface area contributed by atoms with Gasteiger partial charge in [-0.1, -0.05) is 68.3 Å². The molecular formula is C24H29BrNP. The molecule has 3 aromatic rings. The Morgan fingerprint density at radius 1 is 0.667 bits per heavy atom. The number of benzene rings is 3. The lowest BCUT2D eigenvalue weighted by Crippen LogP contribution is -3.00. The molecule has 0 aliphatic heterocycles. The quantitative estimate of drug-likeness (QED) is 0.323. The number of anilines is 1. The molecule has 3 heteroatoms. The lowest BCUT2D eigenvalue weighted by molar-refractivity contribution is -0.00000523. The van der Waals surface area contributed by atoms with Gasteiger partial charge in [0.25, 0.3) is 0 Å². The van der Waals surface area contributed by atoms with Crippen molar-refractivity contribution < 1.29 is 17.0 Å². The maximum absolute atomic E-state index is 6.54. The average Bonchev–Trinajstić information content (AvgIpc) is 2.70. The molecule has 0 radical (unpaired) electrons. The number of nitrogens with two attached hydrogens (primary N) is 1. The highest BCUT2D eigenvalue weighted by Gasteiger charge is 2.45. The monoisotopic (exact) mass is 441 g/mol. The Morgan fingerprint density at radius 3 is 1.70 bits per heavy atom. The average molecular weight is 442 g/mol. The van der Waals surface area contributed by atoms with Crippen LogP contribution in [0.25, 0.3) is 0 Å². The number of unbranched alkanes of at least 4 members (excludes halogenated alkanes) is 3. The van der Waals surface area contributed by atoms with Crippen LogP contribution in [0.4, 0.5) is 5.69 Å². The third-order valence-corrected chi connectivity index (χ3v) is 9.67. The third-order valence-electron chi connectivity index (χ3n) is 5.09. The predicted molar refractivity (Wildman–Crippen MR) is 119 cm³/mol. The molecule has 0 saturated heterocycles. The molecule has 0 saturated carbocycles. The standard InChI is InChI=1S/C24H29NP.BrH/c1-2-3-4-13-20-26(21-14-7-5-8-15-21,22-16-9-6-10-17-22)24-19-12-11-18-23(24)25;/h5-12,14-19H,2-4,13,20,25H2,1H3;1H/q+1;/p-1. The highest BCUT2D eigenvalue weighted by atomic mass is 79.9. The van der Waals surface area contributed by atoms with Gasteiger partial charge < -0.3 is 22.7 Å². The van der Waals surface area contributed by atoms with Crippen LogP contribution in [0.3, 0.4) is 0 Å². The van der Waals surface area contributed by atoms with Crippen molar-refractivity contribution in [3.8, 4) is 0 Å². The summed E-state index contributed by atoms with van der Waals surface area (Å²) in [4.78, 5) is 0. The van der Waals surface area contributed by atoms with Crippen LogP contribution in [0.2, 0.25) is 0 Å². The van der Waals surface area contributed by atoms with Gasteiger partial charge in [0, 0.05) is 0 Å². The zero-order chi connectivity index (χ0) is 18.2. The largest absolute Gasteiger partial charge is 1.00 e. The molecule has 142 valence electrons. The Labute approximate surface area is 175 Å². The summed E-state index contributed by atoms with van der Waals surface area (Å²) in [5.41, 5.74) is 7.46. The Balaban J connectivity index is 0.00000261. The predicted octanol–water partition coefficient (Wildman–Crippen LogP) is 2.15. The molecule has 3 rings (SSSR count). The summed E-state index contributed by atoms with van der Waals surface area (Å²) in [6.07, 6.45) is 6.25. The van der Waals surface area contributed by atoms with Crippen molar-refractivity contribution in [2.45, 2.75) is 32.6 Å². The van der Waals surface area contributed by atoms with E-state index in [1.807, 2.05) is 6.07 Å². The van der Waals surface area contributed by atoms with E-state index in [-0.39, 0.29) is 17.0 Å². The van der Waals surface area contributed by atoms with Crippen LogP contribution in [0, 0.1) is 0 Å². The lowest BCUT2D eigenvalue weighted by atomic mass is 10.2. The fourth-order valence-corrected chi connectivity index (χ4v) is 8.31. The van der Waals surface area contributed by atoms with Crippen molar-refractivity contribution in [2.75, 3.05) is 11.9 Å². The van der Waals surface area contributed by atoms with Crippen LogP contribution >= 0.6 is 7.26 Å². The summed E-state index contributed by atoms with van der Waals surface area (Å²) < 4.78 is 0. The summed E-state index contributed by atoms with van der Waals surface area (Å²) in [5, 5.41) is 4.19. The first-order chi connectivity index (χ1) is 12.8. The highest BCUT2D eigenvalue weighted by Crippen LogP contribution is 2.57. The van der Waals surface area contributed by atoms with Crippen LogP contribution in [0.1, 0.15) is 32.6 Å². The van der Waals surface area contributed by atoms with Gasteiger partial charge in [-0.15, -0.1) is 0 Å². The van der Waals surface area contributed by atoms with E-state index in [9.17, 15) is 0 Å². The van der Waals surface area contributed by atoms with Gasteiger partial charge in [0.1, 0.15) is 23.2 Å². The van der Waals surface area contributed by atoms with E-state index in [4.69, 9.17) is 5.73 Å². The third kappa shape index (κ3) is 4.81. The summed E-state index contributed by atoms with van der Waals surface area (Å²) >= 11 is 0. The van der Waals surface area contributed by atoms with Crippen LogP contribution in [0.5, 0.6) is 0 Å². The van der Waals surface area contributed by atoms with Crippen molar-refractivity contribution in [3.63, 3.8) is 0 Å². The van der Waals surface area contributed by atoms with Crippen molar-refractivity contribution in [1.29, 1.82) is 0 Å². The summed E-state index contributed by atoms with van der Waals surface area (Å²) in [5.74, 6) is 0. The minimum atomic E-state index is -1.76. The van der Waals surface area contributed by atoms with Crippen molar-refractivity contribution in [3.05, 3.63) is 84.9 Å². The lowest BCUT2D eigenvalue weighted by Gasteiger charge is -2.28. The van der Waals surface area contributed by atoms with Crippen LogP contribution in [-0.2, 0) is 0 Å². The molecule has 27 heavy (non-hydrogen) atoms. The molecule has 0 heterocycles. The smallest absolute Gasteiger partial charge is 0.127 e. The molecule has 0 spiro atoms. The molecule has 0 bridgehead atoms. The van der Waals surface area contributed by atoms with Crippen LogP contribution in [-0.4, -0.2) is 6.16 Å². The van der Waals surface area contributed by atoms with E-state index in [1.165, 1.54) is 47.8 Å². The van der Waals surface area contributed by atoms with Gasteiger partial charge in [-0.25, -0.2) is 0 Å².